The molecule has 1 aromatic heterocycles. The van der Waals surface area contributed by atoms with Gasteiger partial charge in [-0.05, 0) is 67.4 Å². The lowest BCUT2D eigenvalue weighted by molar-refractivity contribution is 0.0367. The summed E-state index contributed by atoms with van der Waals surface area (Å²) in [5.41, 5.74) is 1.27. The zero-order valence-electron chi connectivity index (χ0n) is 16.2. The maximum Gasteiger partial charge on any atom is 0.169 e. The number of rotatable bonds is 7. The third-order valence-corrected chi connectivity index (χ3v) is 6.84. The maximum absolute atomic E-state index is 5.86. The van der Waals surface area contributed by atoms with Crippen LogP contribution in [0.1, 0.15) is 37.7 Å². The monoisotopic (exact) mass is 388 g/mol. The molecule has 6 heteroatoms. The molecular weight excluding hydrogens is 356 g/mol. The SMILES string of the molecule is S=C(N[C@@H]1C[C@H]2CC[C@H]1C2)N(CCCN1CCOCC1)Cc1ccncc1. The Morgan fingerprint density at radius 3 is 2.74 bits per heavy atom. The van der Waals surface area contributed by atoms with Crippen LogP contribution in [0.4, 0.5) is 0 Å². The van der Waals surface area contributed by atoms with Gasteiger partial charge in [-0.15, -0.1) is 0 Å². The van der Waals surface area contributed by atoms with Crippen LogP contribution >= 0.6 is 12.2 Å². The number of hydrogen-bond acceptors (Lipinski definition) is 4. The smallest absolute Gasteiger partial charge is 0.169 e. The Bertz CT molecular complexity index is 607. The predicted octanol–water partition coefficient (Wildman–Crippen LogP) is 2.67. The van der Waals surface area contributed by atoms with Crippen LogP contribution in [0.25, 0.3) is 0 Å². The van der Waals surface area contributed by atoms with Gasteiger partial charge < -0.3 is 15.0 Å². The van der Waals surface area contributed by atoms with E-state index in [0.29, 0.717) is 6.04 Å². The van der Waals surface area contributed by atoms with E-state index in [4.69, 9.17) is 17.0 Å². The molecule has 148 valence electrons. The highest BCUT2D eigenvalue weighted by molar-refractivity contribution is 7.80. The molecule has 0 spiro atoms. The minimum Gasteiger partial charge on any atom is -0.379 e. The van der Waals surface area contributed by atoms with Crippen LogP contribution in [-0.2, 0) is 11.3 Å². The number of thiocarbonyl (C=S) groups is 1. The average molecular weight is 389 g/mol. The number of ether oxygens (including phenoxy) is 1. The summed E-state index contributed by atoms with van der Waals surface area (Å²) in [6.07, 6.45) is 10.4. The summed E-state index contributed by atoms with van der Waals surface area (Å²) in [6, 6.07) is 4.78. The van der Waals surface area contributed by atoms with E-state index in [1.54, 1.807) is 0 Å². The molecule has 27 heavy (non-hydrogen) atoms. The van der Waals surface area contributed by atoms with E-state index in [0.717, 1.165) is 69.3 Å². The standard InChI is InChI=1S/C21H32N4OS/c27-21(23-20-15-18-2-3-19(20)14-18)25(16-17-4-6-22-7-5-17)9-1-8-24-10-12-26-13-11-24/h4-7,18-20H,1-3,8-16H2,(H,23,27)/t18-,19-,20+/m0/s1. The lowest BCUT2D eigenvalue weighted by Crippen LogP contribution is -2.47. The second-order valence-electron chi connectivity index (χ2n) is 8.32. The number of morpholine rings is 1. The Kier molecular flexibility index (Phi) is 6.58. The van der Waals surface area contributed by atoms with Crippen molar-refractivity contribution in [2.24, 2.45) is 11.8 Å². The van der Waals surface area contributed by atoms with Crippen molar-refractivity contribution in [1.29, 1.82) is 0 Å². The van der Waals surface area contributed by atoms with Crippen LogP contribution in [0, 0.1) is 11.8 Å². The Labute approximate surface area is 168 Å². The van der Waals surface area contributed by atoms with Crippen molar-refractivity contribution >= 4 is 17.3 Å². The third-order valence-electron chi connectivity index (χ3n) is 6.46. The molecule has 2 bridgehead atoms. The van der Waals surface area contributed by atoms with E-state index in [2.05, 4.69) is 32.2 Å². The van der Waals surface area contributed by atoms with Crippen LogP contribution in [-0.4, -0.2) is 65.3 Å². The number of hydrogen-bond donors (Lipinski definition) is 1. The van der Waals surface area contributed by atoms with E-state index in [1.807, 2.05) is 12.4 Å². The van der Waals surface area contributed by atoms with Crippen LogP contribution in [0.5, 0.6) is 0 Å². The molecule has 0 unspecified atom stereocenters. The summed E-state index contributed by atoms with van der Waals surface area (Å²) in [5, 5.41) is 4.66. The van der Waals surface area contributed by atoms with Gasteiger partial charge in [-0.3, -0.25) is 9.88 Å². The van der Waals surface area contributed by atoms with Crippen molar-refractivity contribution < 1.29 is 4.74 Å². The predicted molar refractivity (Wildman–Crippen MR) is 111 cm³/mol. The second kappa shape index (κ2) is 9.30. The molecule has 2 heterocycles. The van der Waals surface area contributed by atoms with Crippen molar-refractivity contribution in [2.45, 2.75) is 44.7 Å². The highest BCUT2D eigenvalue weighted by Crippen LogP contribution is 2.44. The third kappa shape index (κ3) is 5.18. The molecule has 1 aromatic rings. The van der Waals surface area contributed by atoms with Gasteiger partial charge in [0.25, 0.3) is 0 Å². The first-order chi connectivity index (χ1) is 13.3. The quantitative estimate of drug-likeness (QED) is 0.725. The molecule has 0 amide bonds. The molecule has 0 aromatic carbocycles. The molecule has 1 N–H and O–H groups in total. The Morgan fingerprint density at radius 2 is 2.04 bits per heavy atom. The zero-order chi connectivity index (χ0) is 18.5. The fraction of sp³-hybridized carbons (Fsp3) is 0.714. The maximum atomic E-state index is 5.86. The minimum absolute atomic E-state index is 0.593. The van der Waals surface area contributed by atoms with E-state index < -0.39 is 0 Å². The molecule has 2 saturated carbocycles. The van der Waals surface area contributed by atoms with E-state index in [-0.39, 0.29) is 0 Å². The Morgan fingerprint density at radius 1 is 1.22 bits per heavy atom. The number of pyridine rings is 1. The van der Waals surface area contributed by atoms with Gasteiger partial charge in [-0.25, -0.2) is 0 Å². The first-order valence-electron chi connectivity index (χ1n) is 10.5. The first-order valence-corrected chi connectivity index (χ1v) is 10.9. The van der Waals surface area contributed by atoms with Crippen LogP contribution in [0.3, 0.4) is 0 Å². The first kappa shape index (κ1) is 19.1. The summed E-state index contributed by atoms with van der Waals surface area (Å²) < 4.78 is 5.45. The van der Waals surface area contributed by atoms with Crippen LogP contribution in [0.2, 0.25) is 0 Å². The van der Waals surface area contributed by atoms with E-state index in [1.165, 1.54) is 31.2 Å². The molecule has 3 atom stereocenters. The topological polar surface area (TPSA) is 40.6 Å². The summed E-state index contributed by atoms with van der Waals surface area (Å²) >= 11 is 5.86. The molecule has 2 aliphatic carbocycles. The highest BCUT2D eigenvalue weighted by Gasteiger charge is 2.40. The summed E-state index contributed by atoms with van der Waals surface area (Å²) in [5.74, 6) is 1.77. The van der Waals surface area contributed by atoms with Gasteiger partial charge in [-0.2, -0.15) is 0 Å². The van der Waals surface area contributed by atoms with Gasteiger partial charge in [0.2, 0.25) is 0 Å². The largest absolute Gasteiger partial charge is 0.379 e. The molecule has 3 fully saturated rings. The molecule has 0 radical (unpaired) electrons. The van der Waals surface area contributed by atoms with Crippen LogP contribution in [0.15, 0.2) is 24.5 Å². The van der Waals surface area contributed by atoms with Gasteiger partial charge >= 0.3 is 0 Å². The average Bonchev–Trinajstić information content (AvgIpc) is 3.32. The molecule has 5 nitrogen and oxygen atoms in total. The lowest BCUT2D eigenvalue weighted by atomic mass is 9.95. The van der Waals surface area contributed by atoms with Crippen LogP contribution < -0.4 is 5.32 Å². The van der Waals surface area contributed by atoms with Gasteiger partial charge in [0.1, 0.15) is 0 Å². The van der Waals surface area contributed by atoms with Crippen molar-refractivity contribution in [3.05, 3.63) is 30.1 Å². The summed E-state index contributed by atoms with van der Waals surface area (Å²) in [4.78, 5) is 9.00. The van der Waals surface area contributed by atoms with E-state index in [9.17, 15) is 0 Å². The molecule has 1 saturated heterocycles. The number of fused-ring (bicyclic) bond motifs is 2. The number of aromatic nitrogens is 1. The molecule has 1 aliphatic heterocycles. The summed E-state index contributed by atoms with van der Waals surface area (Å²) in [7, 11) is 0. The number of nitrogens with zero attached hydrogens (tertiary/aromatic N) is 3. The van der Waals surface area contributed by atoms with Gasteiger partial charge in [0, 0.05) is 51.2 Å². The Balaban J connectivity index is 1.32. The van der Waals surface area contributed by atoms with Crippen molar-refractivity contribution in [2.75, 3.05) is 39.4 Å². The van der Waals surface area contributed by atoms with E-state index >= 15 is 0 Å². The lowest BCUT2D eigenvalue weighted by Gasteiger charge is -2.32. The van der Waals surface area contributed by atoms with Crippen molar-refractivity contribution in [3.63, 3.8) is 0 Å². The van der Waals surface area contributed by atoms with Gasteiger partial charge in [-0.1, -0.05) is 6.42 Å². The van der Waals surface area contributed by atoms with Gasteiger partial charge in [0.05, 0.1) is 13.2 Å². The molecule has 4 rings (SSSR count). The van der Waals surface area contributed by atoms with Crippen molar-refractivity contribution in [3.8, 4) is 0 Å². The zero-order valence-corrected chi connectivity index (χ0v) is 17.0. The Hall–Kier alpha value is -1.24. The fourth-order valence-electron chi connectivity index (χ4n) is 4.94. The second-order valence-corrected chi connectivity index (χ2v) is 8.70. The summed E-state index contributed by atoms with van der Waals surface area (Å²) in [6.45, 7) is 6.81. The minimum atomic E-state index is 0.593. The molecular formula is C21H32N4OS. The van der Waals surface area contributed by atoms with Gasteiger partial charge in [0.15, 0.2) is 5.11 Å². The molecule has 3 aliphatic rings. The normalized spacial score (nSPS) is 27.6. The highest BCUT2D eigenvalue weighted by atomic mass is 32.1. The fourth-order valence-corrected chi connectivity index (χ4v) is 5.25. The number of nitrogens with one attached hydrogen (secondary N) is 1. The van der Waals surface area contributed by atoms with Crippen molar-refractivity contribution in [1.82, 2.24) is 20.1 Å².